The van der Waals surface area contributed by atoms with Crippen LogP contribution in [-0.2, 0) is 4.79 Å². The molecule has 4 rings (SSSR count). The SMILES string of the molecule is COc1ccc(NC(=O)CN2CC(c3nc(-c4cccs4)no3)C2)cc1OC. The molecule has 2 aromatic heterocycles. The van der Waals surface area contributed by atoms with Gasteiger partial charge in [0.05, 0.1) is 31.6 Å². The van der Waals surface area contributed by atoms with Crippen LogP contribution in [0.15, 0.2) is 40.2 Å². The van der Waals surface area contributed by atoms with Gasteiger partial charge in [-0.25, -0.2) is 0 Å². The van der Waals surface area contributed by atoms with Gasteiger partial charge in [0.1, 0.15) is 0 Å². The van der Waals surface area contributed by atoms with E-state index in [0.29, 0.717) is 48.5 Å². The molecule has 0 radical (unpaired) electrons. The minimum atomic E-state index is -0.0875. The molecule has 0 saturated carbocycles. The predicted molar refractivity (Wildman–Crippen MR) is 105 cm³/mol. The Morgan fingerprint density at radius 3 is 2.82 bits per heavy atom. The standard InChI is InChI=1S/C19H20N4O4S/c1-25-14-6-5-13(8-15(14)26-2)20-17(24)11-23-9-12(10-23)19-21-18(22-27-19)16-4-3-7-28-16/h3-8,12H,9-11H2,1-2H3,(H,20,24). The Labute approximate surface area is 166 Å². The highest BCUT2D eigenvalue weighted by Gasteiger charge is 2.33. The quantitative estimate of drug-likeness (QED) is 0.652. The van der Waals surface area contributed by atoms with Crippen molar-refractivity contribution in [2.24, 2.45) is 0 Å². The lowest BCUT2D eigenvalue weighted by Gasteiger charge is -2.36. The lowest BCUT2D eigenvalue weighted by molar-refractivity contribution is -0.118. The average molecular weight is 400 g/mol. The molecule has 1 fully saturated rings. The fraction of sp³-hybridized carbons (Fsp3) is 0.316. The van der Waals surface area contributed by atoms with E-state index in [1.807, 2.05) is 22.4 Å². The van der Waals surface area contributed by atoms with Gasteiger partial charge >= 0.3 is 0 Å². The van der Waals surface area contributed by atoms with Crippen LogP contribution in [0.1, 0.15) is 11.8 Å². The zero-order chi connectivity index (χ0) is 19.5. The Balaban J connectivity index is 1.28. The van der Waals surface area contributed by atoms with Crippen LogP contribution in [0.2, 0.25) is 0 Å². The van der Waals surface area contributed by atoms with E-state index < -0.39 is 0 Å². The molecule has 3 aromatic rings. The maximum absolute atomic E-state index is 12.3. The van der Waals surface area contributed by atoms with Gasteiger partial charge in [-0.3, -0.25) is 9.69 Å². The maximum atomic E-state index is 12.3. The molecule has 1 aliphatic heterocycles. The molecule has 0 aliphatic carbocycles. The van der Waals surface area contributed by atoms with E-state index in [-0.39, 0.29) is 11.8 Å². The summed E-state index contributed by atoms with van der Waals surface area (Å²) in [7, 11) is 3.13. The molecule has 9 heteroatoms. The molecule has 28 heavy (non-hydrogen) atoms. The van der Waals surface area contributed by atoms with Crippen molar-refractivity contribution >= 4 is 22.9 Å². The minimum absolute atomic E-state index is 0.0875. The number of rotatable bonds is 7. The fourth-order valence-corrected chi connectivity index (χ4v) is 3.73. The van der Waals surface area contributed by atoms with Crippen molar-refractivity contribution in [3.05, 3.63) is 41.6 Å². The van der Waals surface area contributed by atoms with Gasteiger partial charge in [0.2, 0.25) is 17.6 Å². The first kappa shape index (κ1) is 18.5. The number of amides is 1. The van der Waals surface area contributed by atoms with Gasteiger partial charge in [-0.05, 0) is 23.6 Å². The summed E-state index contributed by atoms with van der Waals surface area (Å²) in [6, 6.07) is 9.20. The average Bonchev–Trinajstić information content (AvgIpc) is 3.35. The third kappa shape index (κ3) is 3.85. The molecule has 146 valence electrons. The number of nitrogens with one attached hydrogen (secondary N) is 1. The predicted octanol–water partition coefficient (Wildman–Crippen LogP) is 2.85. The molecule has 1 N–H and O–H groups in total. The van der Waals surface area contributed by atoms with Crippen LogP contribution in [0.5, 0.6) is 11.5 Å². The van der Waals surface area contributed by atoms with Crippen molar-refractivity contribution in [2.45, 2.75) is 5.92 Å². The first-order valence-corrected chi connectivity index (χ1v) is 9.66. The van der Waals surface area contributed by atoms with Gasteiger partial charge in [0.15, 0.2) is 11.5 Å². The lowest BCUT2D eigenvalue weighted by Crippen LogP contribution is -2.48. The highest BCUT2D eigenvalue weighted by Crippen LogP contribution is 2.31. The number of thiophene rings is 1. The van der Waals surface area contributed by atoms with Gasteiger partial charge in [0.25, 0.3) is 0 Å². The third-order valence-electron chi connectivity index (χ3n) is 4.52. The largest absolute Gasteiger partial charge is 0.493 e. The van der Waals surface area contributed by atoms with Crippen LogP contribution in [0.3, 0.4) is 0 Å². The second-order valence-corrected chi connectivity index (χ2v) is 7.39. The van der Waals surface area contributed by atoms with Crippen molar-refractivity contribution in [3.63, 3.8) is 0 Å². The number of carbonyl (C=O) groups excluding carboxylic acids is 1. The van der Waals surface area contributed by atoms with E-state index >= 15 is 0 Å². The van der Waals surface area contributed by atoms with Crippen molar-refractivity contribution in [1.82, 2.24) is 15.0 Å². The second kappa shape index (κ2) is 7.99. The number of hydrogen-bond donors (Lipinski definition) is 1. The molecule has 0 atom stereocenters. The Morgan fingerprint density at radius 2 is 2.11 bits per heavy atom. The fourth-order valence-electron chi connectivity index (χ4n) is 3.08. The number of methoxy groups -OCH3 is 2. The van der Waals surface area contributed by atoms with E-state index in [1.165, 1.54) is 0 Å². The monoisotopic (exact) mass is 400 g/mol. The van der Waals surface area contributed by atoms with Crippen molar-refractivity contribution in [3.8, 4) is 22.2 Å². The van der Waals surface area contributed by atoms with Gasteiger partial charge in [-0.15, -0.1) is 11.3 Å². The van der Waals surface area contributed by atoms with Crippen LogP contribution >= 0.6 is 11.3 Å². The van der Waals surface area contributed by atoms with E-state index in [1.54, 1.807) is 43.8 Å². The molecule has 1 saturated heterocycles. The summed E-state index contributed by atoms with van der Waals surface area (Å²) in [4.78, 5) is 19.8. The molecule has 0 spiro atoms. The molecule has 3 heterocycles. The first-order valence-electron chi connectivity index (χ1n) is 8.78. The Bertz CT molecular complexity index is 951. The summed E-state index contributed by atoms with van der Waals surface area (Å²) < 4.78 is 15.8. The van der Waals surface area contributed by atoms with Crippen LogP contribution < -0.4 is 14.8 Å². The number of likely N-dealkylation sites (tertiary alicyclic amines) is 1. The van der Waals surface area contributed by atoms with Crippen LogP contribution in [0.25, 0.3) is 10.7 Å². The summed E-state index contributed by atoms with van der Waals surface area (Å²) >= 11 is 1.58. The molecule has 1 aromatic carbocycles. The smallest absolute Gasteiger partial charge is 0.238 e. The van der Waals surface area contributed by atoms with Crippen LogP contribution in [0.4, 0.5) is 5.69 Å². The summed E-state index contributed by atoms with van der Waals surface area (Å²) in [6.45, 7) is 1.73. The number of benzene rings is 1. The van der Waals surface area contributed by atoms with Crippen molar-refractivity contribution in [1.29, 1.82) is 0 Å². The Kier molecular flexibility index (Phi) is 5.27. The van der Waals surface area contributed by atoms with E-state index in [0.717, 1.165) is 4.88 Å². The van der Waals surface area contributed by atoms with Gasteiger partial charge < -0.3 is 19.3 Å². The molecule has 1 aliphatic rings. The van der Waals surface area contributed by atoms with Crippen molar-refractivity contribution in [2.75, 3.05) is 39.2 Å². The second-order valence-electron chi connectivity index (χ2n) is 6.44. The molecule has 8 nitrogen and oxygen atoms in total. The number of carbonyl (C=O) groups is 1. The van der Waals surface area contributed by atoms with Crippen molar-refractivity contribution < 1.29 is 18.8 Å². The first-order chi connectivity index (χ1) is 13.7. The topological polar surface area (TPSA) is 89.7 Å². The van der Waals surface area contributed by atoms with Gasteiger partial charge in [-0.1, -0.05) is 11.2 Å². The zero-order valence-corrected chi connectivity index (χ0v) is 16.4. The van der Waals surface area contributed by atoms with Crippen LogP contribution in [0, 0.1) is 0 Å². The number of anilines is 1. The van der Waals surface area contributed by atoms with Gasteiger partial charge in [0, 0.05) is 24.8 Å². The number of nitrogens with zero attached hydrogens (tertiary/aromatic N) is 3. The van der Waals surface area contributed by atoms with Crippen LogP contribution in [-0.4, -0.2) is 54.8 Å². The minimum Gasteiger partial charge on any atom is -0.493 e. The summed E-state index contributed by atoms with van der Waals surface area (Å²) in [5.74, 6) is 2.51. The molecule has 0 bridgehead atoms. The zero-order valence-electron chi connectivity index (χ0n) is 15.5. The summed E-state index contributed by atoms with van der Waals surface area (Å²) in [5.41, 5.74) is 0.664. The normalized spacial score (nSPS) is 14.5. The summed E-state index contributed by atoms with van der Waals surface area (Å²) in [6.07, 6.45) is 0. The highest BCUT2D eigenvalue weighted by atomic mass is 32.1. The lowest BCUT2D eigenvalue weighted by atomic mass is 10.0. The Morgan fingerprint density at radius 1 is 1.29 bits per heavy atom. The van der Waals surface area contributed by atoms with E-state index in [2.05, 4.69) is 15.5 Å². The van der Waals surface area contributed by atoms with Gasteiger partial charge in [-0.2, -0.15) is 4.98 Å². The van der Waals surface area contributed by atoms with E-state index in [4.69, 9.17) is 14.0 Å². The Hall–Kier alpha value is -2.91. The molecular weight excluding hydrogens is 380 g/mol. The van der Waals surface area contributed by atoms with E-state index in [9.17, 15) is 4.79 Å². The molecular formula is C19H20N4O4S. The number of ether oxygens (including phenoxy) is 2. The highest BCUT2D eigenvalue weighted by molar-refractivity contribution is 7.13. The number of aromatic nitrogens is 2. The molecule has 1 amide bonds. The summed E-state index contributed by atoms with van der Waals surface area (Å²) in [5, 5.41) is 8.90. The third-order valence-corrected chi connectivity index (χ3v) is 5.39. The molecule has 0 unspecified atom stereocenters. The maximum Gasteiger partial charge on any atom is 0.238 e. The number of hydrogen-bond acceptors (Lipinski definition) is 8.